The molecule has 0 bridgehead atoms. The molecular formula is C8H15NOS. The van der Waals surface area contributed by atoms with E-state index in [9.17, 15) is 0 Å². The van der Waals surface area contributed by atoms with Gasteiger partial charge in [0.05, 0.1) is 12.7 Å². The maximum Gasteiger partial charge on any atom is 0.0936 e. The number of thioether (sulfide) groups is 1. The van der Waals surface area contributed by atoms with Crippen LogP contribution in [0.3, 0.4) is 0 Å². The summed E-state index contributed by atoms with van der Waals surface area (Å²) in [6.07, 6.45) is 1.94. The highest BCUT2D eigenvalue weighted by molar-refractivity contribution is 7.99. The lowest BCUT2D eigenvalue weighted by atomic mass is 10.3. The van der Waals surface area contributed by atoms with Gasteiger partial charge in [-0.2, -0.15) is 11.8 Å². The summed E-state index contributed by atoms with van der Waals surface area (Å²) in [4.78, 5) is 2.54. The lowest BCUT2D eigenvalue weighted by molar-refractivity contribution is 0.257. The average Bonchev–Trinajstić information content (AvgIpc) is 2.77. The lowest BCUT2D eigenvalue weighted by Gasteiger charge is -2.17. The van der Waals surface area contributed by atoms with Crippen molar-refractivity contribution in [2.24, 2.45) is 0 Å². The van der Waals surface area contributed by atoms with Crippen molar-refractivity contribution in [1.29, 1.82) is 0 Å². The second-order valence-electron chi connectivity index (χ2n) is 3.22. The maximum absolute atomic E-state index is 5.20. The van der Waals surface area contributed by atoms with Crippen molar-refractivity contribution >= 4 is 11.8 Å². The number of ether oxygens (including phenoxy) is 1. The average molecular weight is 173 g/mol. The van der Waals surface area contributed by atoms with Gasteiger partial charge in [-0.25, -0.2) is 0 Å². The van der Waals surface area contributed by atoms with E-state index in [-0.39, 0.29) is 0 Å². The fourth-order valence-electron chi connectivity index (χ4n) is 1.44. The quantitative estimate of drug-likeness (QED) is 0.575. The van der Waals surface area contributed by atoms with Crippen LogP contribution in [0.4, 0.5) is 0 Å². The standard InChI is InChI=1S/C8H15NOS/c1-2-9(3-5-11-4-1)6-8-7-10-8/h8H,1-7H2. The van der Waals surface area contributed by atoms with Crippen LogP contribution in [0.1, 0.15) is 6.42 Å². The van der Waals surface area contributed by atoms with E-state index in [4.69, 9.17) is 4.74 Å². The Morgan fingerprint density at radius 3 is 3.09 bits per heavy atom. The second kappa shape index (κ2) is 3.78. The Labute approximate surface area is 72.3 Å². The van der Waals surface area contributed by atoms with Gasteiger partial charge in [-0.15, -0.1) is 0 Å². The molecule has 2 nitrogen and oxygen atoms in total. The first kappa shape index (κ1) is 7.90. The van der Waals surface area contributed by atoms with Gasteiger partial charge < -0.3 is 4.74 Å². The van der Waals surface area contributed by atoms with Crippen LogP contribution in [-0.4, -0.2) is 48.8 Å². The van der Waals surface area contributed by atoms with Crippen molar-refractivity contribution in [2.45, 2.75) is 12.5 Å². The SMILES string of the molecule is C1CSCCN(CC2CO2)C1. The Balaban J connectivity index is 1.71. The van der Waals surface area contributed by atoms with Crippen molar-refractivity contribution in [3.8, 4) is 0 Å². The molecule has 11 heavy (non-hydrogen) atoms. The van der Waals surface area contributed by atoms with Gasteiger partial charge in [0.15, 0.2) is 0 Å². The fraction of sp³-hybridized carbons (Fsp3) is 1.00. The zero-order chi connectivity index (χ0) is 7.52. The molecule has 0 aromatic rings. The van der Waals surface area contributed by atoms with Gasteiger partial charge in [-0.05, 0) is 18.7 Å². The van der Waals surface area contributed by atoms with E-state index in [1.807, 2.05) is 0 Å². The summed E-state index contributed by atoms with van der Waals surface area (Å²) in [7, 11) is 0. The molecule has 2 rings (SSSR count). The Bertz CT molecular complexity index is 119. The Morgan fingerprint density at radius 2 is 2.27 bits per heavy atom. The first-order chi connectivity index (χ1) is 5.45. The minimum Gasteiger partial charge on any atom is -0.372 e. The highest BCUT2D eigenvalue weighted by Gasteiger charge is 2.25. The van der Waals surface area contributed by atoms with Crippen molar-refractivity contribution < 1.29 is 4.74 Å². The molecule has 2 saturated heterocycles. The minimum absolute atomic E-state index is 0.582. The van der Waals surface area contributed by atoms with Gasteiger partial charge in [-0.3, -0.25) is 4.90 Å². The van der Waals surface area contributed by atoms with Crippen LogP contribution in [-0.2, 0) is 4.74 Å². The minimum atomic E-state index is 0.582. The third-order valence-corrected chi connectivity index (χ3v) is 3.23. The van der Waals surface area contributed by atoms with Crippen LogP contribution < -0.4 is 0 Å². The van der Waals surface area contributed by atoms with E-state index >= 15 is 0 Å². The topological polar surface area (TPSA) is 15.8 Å². The molecule has 3 heteroatoms. The predicted molar refractivity (Wildman–Crippen MR) is 48.1 cm³/mol. The molecule has 2 aliphatic rings. The summed E-state index contributed by atoms with van der Waals surface area (Å²) in [5, 5.41) is 0. The molecule has 0 aromatic carbocycles. The van der Waals surface area contributed by atoms with Gasteiger partial charge in [0.2, 0.25) is 0 Å². The molecule has 0 aliphatic carbocycles. The maximum atomic E-state index is 5.20. The van der Waals surface area contributed by atoms with Gasteiger partial charge in [0.1, 0.15) is 0 Å². The van der Waals surface area contributed by atoms with E-state index in [0.717, 1.165) is 6.61 Å². The summed E-state index contributed by atoms with van der Waals surface area (Å²) in [5.74, 6) is 2.66. The highest BCUT2D eigenvalue weighted by atomic mass is 32.2. The number of hydrogen-bond donors (Lipinski definition) is 0. The zero-order valence-electron chi connectivity index (χ0n) is 6.79. The molecule has 1 atom stereocenters. The summed E-state index contributed by atoms with van der Waals surface area (Å²) in [6, 6.07) is 0. The van der Waals surface area contributed by atoms with Crippen LogP contribution >= 0.6 is 11.8 Å². The van der Waals surface area contributed by atoms with Crippen LogP contribution in [0.2, 0.25) is 0 Å². The first-order valence-electron chi connectivity index (χ1n) is 4.37. The van der Waals surface area contributed by atoms with Crippen LogP contribution in [0.15, 0.2) is 0 Å². The van der Waals surface area contributed by atoms with E-state index in [1.54, 1.807) is 0 Å². The molecule has 2 aliphatic heterocycles. The molecule has 0 radical (unpaired) electrons. The van der Waals surface area contributed by atoms with E-state index in [1.165, 1.54) is 37.6 Å². The third-order valence-electron chi connectivity index (χ3n) is 2.18. The number of rotatable bonds is 2. The molecule has 0 amide bonds. The van der Waals surface area contributed by atoms with E-state index in [0.29, 0.717) is 6.10 Å². The third kappa shape index (κ3) is 2.65. The normalized spacial score (nSPS) is 33.3. The first-order valence-corrected chi connectivity index (χ1v) is 5.52. The summed E-state index contributed by atoms with van der Waals surface area (Å²) < 4.78 is 5.20. The largest absolute Gasteiger partial charge is 0.372 e. The summed E-state index contributed by atoms with van der Waals surface area (Å²) in [6.45, 7) is 4.74. The number of epoxide rings is 1. The number of nitrogens with zero attached hydrogens (tertiary/aromatic N) is 1. The van der Waals surface area contributed by atoms with Crippen molar-refractivity contribution in [2.75, 3.05) is 37.7 Å². The van der Waals surface area contributed by atoms with Gasteiger partial charge in [0, 0.05) is 18.8 Å². The molecule has 0 saturated carbocycles. The monoisotopic (exact) mass is 173 g/mol. The van der Waals surface area contributed by atoms with Crippen molar-refractivity contribution in [3.63, 3.8) is 0 Å². The summed E-state index contributed by atoms with van der Waals surface area (Å²) >= 11 is 2.08. The van der Waals surface area contributed by atoms with Gasteiger partial charge in [0.25, 0.3) is 0 Å². The molecule has 2 fully saturated rings. The molecule has 0 aromatic heterocycles. The predicted octanol–water partition coefficient (Wildman–Crippen LogP) is 0.824. The van der Waals surface area contributed by atoms with Crippen molar-refractivity contribution in [3.05, 3.63) is 0 Å². The lowest BCUT2D eigenvalue weighted by Crippen LogP contribution is -2.29. The Kier molecular flexibility index (Phi) is 2.72. The van der Waals surface area contributed by atoms with E-state index < -0.39 is 0 Å². The van der Waals surface area contributed by atoms with Crippen LogP contribution in [0, 0.1) is 0 Å². The second-order valence-corrected chi connectivity index (χ2v) is 4.45. The number of hydrogen-bond acceptors (Lipinski definition) is 3. The van der Waals surface area contributed by atoms with Crippen molar-refractivity contribution in [1.82, 2.24) is 4.90 Å². The molecular weight excluding hydrogens is 158 g/mol. The zero-order valence-corrected chi connectivity index (χ0v) is 7.61. The van der Waals surface area contributed by atoms with E-state index in [2.05, 4.69) is 16.7 Å². The molecule has 1 unspecified atom stereocenters. The van der Waals surface area contributed by atoms with Crippen LogP contribution in [0.5, 0.6) is 0 Å². The molecule has 64 valence electrons. The smallest absolute Gasteiger partial charge is 0.0936 e. The van der Waals surface area contributed by atoms with Crippen LogP contribution in [0.25, 0.3) is 0 Å². The Hall–Kier alpha value is 0.270. The fourth-order valence-corrected chi connectivity index (χ4v) is 2.37. The van der Waals surface area contributed by atoms with Gasteiger partial charge >= 0.3 is 0 Å². The molecule has 0 N–H and O–H groups in total. The Morgan fingerprint density at radius 1 is 1.36 bits per heavy atom. The highest BCUT2D eigenvalue weighted by Crippen LogP contribution is 2.14. The summed E-state index contributed by atoms with van der Waals surface area (Å²) in [5.41, 5.74) is 0. The molecule has 0 spiro atoms. The van der Waals surface area contributed by atoms with Gasteiger partial charge in [-0.1, -0.05) is 0 Å². The molecule has 2 heterocycles.